The zero-order valence-corrected chi connectivity index (χ0v) is 30.3. The number of hydrogen-bond donors (Lipinski definition) is 1. The second-order valence-electron chi connectivity index (χ2n) is 13.4. The minimum absolute atomic E-state index is 0.0176. The molecule has 0 saturated carbocycles. The van der Waals surface area contributed by atoms with Crippen LogP contribution < -0.4 is 9.47 Å². The van der Waals surface area contributed by atoms with Gasteiger partial charge in [0, 0.05) is 55.7 Å². The van der Waals surface area contributed by atoms with Gasteiger partial charge in [-0.2, -0.15) is 31.6 Å². The number of alkyl halides is 6. The summed E-state index contributed by atoms with van der Waals surface area (Å²) in [5, 5.41) is 20.5. The Balaban J connectivity index is 1.51. The summed E-state index contributed by atoms with van der Waals surface area (Å²) in [5.74, 6) is -3.73. The van der Waals surface area contributed by atoms with E-state index in [-0.39, 0.29) is 88.2 Å². The quantitative estimate of drug-likeness (QED) is 0.145. The predicted octanol–water partition coefficient (Wildman–Crippen LogP) is 7.87. The van der Waals surface area contributed by atoms with Gasteiger partial charge in [-0.3, -0.25) is 19.4 Å². The average Bonchev–Trinajstić information content (AvgIpc) is 3.63. The van der Waals surface area contributed by atoms with Crippen LogP contribution in [-0.4, -0.2) is 75.6 Å². The minimum atomic E-state index is -4.95. The van der Waals surface area contributed by atoms with Crippen molar-refractivity contribution in [1.29, 1.82) is 5.26 Å². The highest BCUT2D eigenvalue weighted by Gasteiger charge is 2.57. The Kier molecular flexibility index (Phi) is 12.3. The van der Waals surface area contributed by atoms with Gasteiger partial charge in [0.1, 0.15) is 27.9 Å². The van der Waals surface area contributed by atoms with E-state index in [1.54, 1.807) is 6.92 Å². The number of nitrogens with zero attached hydrogens (tertiary/aromatic N) is 4. The molecule has 1 aromatic carbocycles. The molecule has 1 N–H and O–H groups in total. The molecule has 2 aliphatic rings. The van der Waals surface area contributed by atoms with Gasteiger partial charge in [0.25, 0.3) is 11.8 Å². The maximum Gasteiger partial charge on any atom is 0.425 e. The van der Waals surface area contributed by atoms with E-state index in [1.165, 1.54) is 11.0 Å². The van der Waals surface area contributed by atoms with E-state index in [1.807, 2.05) is 0 Å². The second kappa shape index (κ2) is 16.4. The van der Waals surface area contributed by atoms with Gasteiger partial charge in [0.2, 0.25) is 5.60 Å². The van der Waals surface area contributed by atoms with E-state index < -0.39 is 69.1 Å². The first-order valence-electron chi connectivity index (χ1n) is 17.5. The molecule has 5 rings (SSSR count). The summed E-state index contributed by atoms with van der Waals surface area (Å²) in [4.78, 5) is 45.1. The Bertz CT molecular complexity index is 1920. The van der Waals surface area contributed by atoms with Gasteiger partial charge in [-0.15, -0.1) is 11.3 Å². The Hall–Kier alpha value is -4.92. The van der Waals surface area contributed by atoms with Crippen LogP contribution in [0.1, 0.15) is 84.8 Å². The number of halogens is 7. The fraction of sp³-hybridized carbons (Fsp3) is 0.486. The van der Waals surface area contributed by atoms with E-state index in [2.05, 4.69) is 11.1 Å². The molecule has 2 unspecified atom stereocenters. The zero-order chi connectivity index (χ0) is 40.2. The van der Waals surface area contributed by atoms with Crippen molar-refractivity contribution in [2.75, 3.05) is 26.2 Å². The van der Waals surface area contributed by atoms with Gasteiger partial charge < -0.3 is 24.4 Å². The summed E-state index contributed by atoms with van der Waals surface area (Å²) >= 11 is 0.327. The number of amides is 2. The summed E-state index contributed by atoms with van der Waals surface area (Å²) in [5.41, 5.74) is -5.45. The van der Waals surface area contributed by atoms with Crippen molar-refractivity contribution < 1.29 is 59.7 Å². The second-order valence-corrected chi connectivity index (χ2v) is 14.3. The zero-order valence-electron chi connectivity index (χ0n) is 29.5. The number of pyridine rings is 1. The molecule has 55 heavy (non-hydrogen) atoms. The number of aromatic nitrogens is 1. The number of nitriles is 1. The number of rotatable bonds is 12. The molecule has 18 heteroatoms. The van der Waals surface area contributed by atoms with Crippen LogP contribution in [0.25, 0.3) is 0 Å². The molecule has 0 bridgehead atoms. The molecule has 2 aliphatic heterocycles. The molecule has 2 atom stereocenters. The first-order chi connectivity index (χ1) is 26.0. The average molecular weight is 799 g/mol. The number of benzene rings is 1. The number of carboxylic acid groups (broad SMARTS) is 1. The fourth-order valence-electron chi connectivity index (χ4n) is 7.28. The standard InChI is InChI=1S/C37H37F7N4O6S/c1-2-6-28-35(54-24-20-29(55-21-24)37(42,43)44,11-5-15-48(28)32(51)31-25(36(39,40)41)7-3-14-46-31)33(52)47-16-12-34(22-45,13-17-47)26-19-23(38)9-10-27(26)53-18-4-8-30(49)50/h3,7,9-10,14,19-21,28H,2,4-6,8,11-13,15-18H2,1H3,(H,49,50). The fourth-order valence-corrected chi connectivity index (χ4v) is 7.96. The van der Waals surface area contributed by atoms with Crippen molar-refractivity contribution in [2.45, 2.75) is 87.7 Å². The van der Waals surface area contributed by atoms with Crippen molar-refractivity contribution in [3.05, 3.63) is 75.5 Å². The first kappa shape index (κ1) is 41.2. The van der Waals surface area contributed by atoms with E-state index in [9.17, 15) is 50.4 Å². The molecule has 2 fully saturated rings. The molecule has 0 radical (unpaired) electrons. The van der Waals surface area contributed by atoms with Crippen molar-refractivity contribution in [3.63, 3.8) is 0 Å². The van der Waals surface area contributed by atoms with Gasteiger partial charge in [0.05, 0.1) is 29.7 Å². The van der Waals surface area contributed by atoms with Crippen molar-refractivity contribution in [3.8, 4) is 17.6 Å². The third kappa shape index (κ3) is 8.82. The van der Waals surface area contributed by atoms with Crippen molar-refractivity contribution >= 4 is 29.1 Å². The Morgan fingerprint density at radius 3 is 2.40 bits per heavy atom. The number of thiophene rings is 1. The lowest BCUT2D eigenvalue weighted by Gasteiger charge is -2.51. The highest BCUT2D eigenvalue weighted by molar-refractivity contribution is 7.10. The van der Waals surface area contributed by atoms with Crippen LogP contribution in [0, 0.1) is 17.1 Å². The number of piperidine rings is 2. The molecule has 10 nitrogen and oxygen atoms in total. The first-order valence-corrected chi connectivity index (χ1v) is 18.4. The molecule has 0 spiro atoms. The van der Waals surface area contributed by atoms with Crippen LogP contribution in [0.5, 0.6) is 11.5 Å². The molecule has 3 aromatic rings. The van der Waals surface area contributed by atoms with E-state index in [0.717, 1.165) is 40.7 Å². The summed E-state index contributed by atoms with van der Waals surface area (Å²) in [7, 11) is 0. The van der Waals surface area contributed by atoms with Crippen LogP contribution in [0.2, 0.25) is 0 Å². The summed E-state index contributed by atoms with van der Waals surface area (Å²) in [6.07, 6.45) is -8.57. The molecular formula is C37H37F7N4O6S. The number of carboxylic acids is 1. The van der Waals surface area contributed by atoms with Crippen LogP contribution in [0.15, 0.2) is 48.0 Å². The van der Waals surface area contributed by atoms with Gasteiger partial charge in [0.15, 0.2) is 0 Å². The maximum absolute atomic E-state index is 14.9. The van der Waals surface area contributed by atoms with E-state index in [0.29, 0.717) is 23.8 Å². The maximum atomic E-state index is 14.9. The highest BCUT2D eigenvalue weighted by Crippen LogP contribution is 2.45. The molecule has 2 amide bonds. The molecule has 2 saturated heterocycles. The Morgan fingerprint density at radius 2 is 1.78 bits per heavy atom. The Labute approximate surface area is 315 Å². The molecular weight excluding hydrogens is 761 g/mol. The van der Waals surface area contributed by atoms with E-state index >= 15 is 0 Å². The normalized spacial score (nSPS) is 20.1. The highest BCUT2D eigenvalue weighted by atomic mass is 32.1. The van der Waals surface area contributed by atoms with Crippen molar-refractivity contribution in [1.82, 2.24) is 14.8 Å². The number of hydrogen-bond acceptors (Lipinski definition) is 8. The van der Waals surface area contributed by atoms with Gasteiger partial charge in [-0.25, -0.2) is 4.39 Å². The molecule has 2 aromatic heterocycles. The predicted molar refractivity (Wildman–Crippen MR) is 183 cm³/mol. The number of carbonyl (C=O) groups excluding carboxylic acids is 2. The third-order valence-electron chi connectivity index (χ3n) is 9.89. The van der Waals surface area contributed by atoms with Crippen molar-refractivity contribution in [2.24, 2.45) is 0 Å². The molecule has 296 valence electrons. The summed E-state index contributed by atoms with van der Waals surface area (Å²) in [6.45, 7) is 1.32. The minimum Gasteiger partial charge on any atom is -0.493 e. The largest absolute Gasteiger partial charge is 0.493 e. The molecule has 0 aliphatic carbocycles. The van der Waals surface area contributed by atoms with Crippen LogP contribution in [0.4, 0.5) is 30.7 Å². The van der Waals surface area contributed by atoms with Crippen LogP contribution in [0.3, 0.4) is 0 Å². The smallest absolute Gasteiger partial charge is 0.425 e. The number of ether oxygens (including phenoxy) is 2. The van der Waals surface area contributed by atoms with Crippen LogP contribution in [-0.2, 0) is 27.4 Å². The van der Waals surface area contributed by atoms with Gasteiger partial charge in [-0.05, 0) is 62.4 Å². The van der Waals surface area contributed by atoms with Gasteiger partial charge >= 0.3 is 18.3 Å². The number of likely N-dealkylation sites (tertiary alicyclic amines) is 2. The van der Waals surface area contributed by atoms with E-state index in [4.69, 9.17) is 14.6 Å². The Morgan fingerprint density at radius 1 is 1.05 bits per heavy atom. The monoisotopic (exact) mass is 798 g/mol. The number of aliphatic carboxylic acids is 1. The lowest BCUT2D eigenvalue weighted by molar-refractivity contribution is -0.160. The molecule has 4 heterocycles. The van der Waals surface area contributed by atoms with Crippen LogP contribution >= 0.6 is 11.3 Å². The SMILES string of the molecule is CCCC1N(C(=O)c2ncccc2C(F)(F)F)CCCC1(Oc1csc(C(F)(F)F)c1)C(=O)N1CCC(C#N)(c2cc(F)ccc2OCCCC(=O)O)CC1. The third-order valence-corrected chi connectivity index (χ3v) is 10.8. The number of carbonyl (C=O) groups is 3. The topological polar surface area (TPSA) is 133 Å². The summed E-state index contributed by atoms with van der Waals surface area (Å²) < 4.78 is 110. The van der Waals surface area contributed by atoms with Gasteiger partial charge in [-0.1, -0.05) is 13.3 Å². The lowest BCUT2D eigenvalue weighted by atomic mass is 9.72. The summed E-state index contributed by atoms with van der Waals surface area (Å²) in [6, 6.07) is 7.04. The lowest BCUT2D eigenvalue weighted by Crippen LogP contribution is -2.68.